The Balaban J connectivity index is 2.16. The molecule has 2 heterocycles. The van der Waals surface area contributed by atoms with E-state index < -0.39 is 0 Å². The first-order valence-corrected chi connectivity index (χ1v) is 5.84. The molecule has 1 aromatic heterocycles. The van der Waals surface area contributed by atoms with E-state index in [1.54, 1.807) is 6.92 Å². The highest BCUT2D eigenvalue weighted by Gasteiger charge is 2.23. The molecule has 1 aliphatic rings. The van der Waals surface area contributed by atoms with Gasteiger partial charge in [0.05, 0.1) is 0 Å². The summed E-state index contributed by atoms with van der Waals surface area (Å²) in [6, 6.07) is 2.04. The molecule has 0 aliphatic carbocycles. The van der Waals surface area contributed by atoms with Crippen LogP contribution < -0.4 is 4.90 Å². The van der Waals surface area contributed by atoms with Crippen molar-refractivity contribution in [2.24, 2.45) is 5.92 Å². The Hall–Kier alpha value is -1.38. The monoisotopic (exact) mass is 218 g/mol. The number of hydrogen-bond donors (Lipinski definition) is 0. The maximum absolute atomic E-state index is 11.4. The number of hydrogen-bond acceptors (Lipinski definition) is 3. The number of aromatic nitrogens is 1. The fourth-order valence-corrected chi connectivity index (χ4v) is 2.35. The molecule has 0 radical (unpaired) electrons. The van der Waals surface area contributed by atoms with Gasteiger partial charge in [0.2, 0.25) is 0 Å². The molecule has 16 heavy (non-hydrogen) atoms. The lowest BCUT2D eigenvalue weighted by Gasteiger charge is -2.34. The van der Waals surface area contributed by atoms with E-state index >= 15 is 0 Å². The first-order chi connectivity index (χ1) is 7.68. The van der Waals surface area contributed by atoms with E-state index in [2.05, 4.69) is 16.8 Å². The Morgan fingerprint density at radius 3 is 3.06 bits per heavy atom. The zero-order chi connectivity index (χ0) is 11.5. The van der Waals surface area contributed by atoms with Crippen LogP contribution in [-0.4, -0.2) is 23.9 Å². The number of piperidine rings is 1. The van der Waals surface area contributed by atoms with Crippen LogP contribution >= 0.6 is 0 Å². The van der Waals surface area contributed by atoms with Crippen LogP contribution in [0.1, 0.15) is 25.3 Å². The third kappa shape index (κ3) is 2.23. The molecule has 1 fully saturated rings. The smallest absolute Gasteiger partial charge is 0.134 e. The molecule has 0 spiro atoms. The SMILES string of the molecule is CC(=O)C1CCCN(c2ccncc2C)C1. The average Bonchev–Trinajstić information content (AvgIpc) is 2.30. The highest BCUT2D eigenvalue weighted by molar-refractivity contribution is 5.79. The van der Waals surface area contributed by atoms with Crippen LogP contribution in [0.4, 0.5) is 5.69 Å². The molecule has 1 atom stereocenters. The van der Waals surface area contributed by atoms with Gasteiger partial charge in [-0.15, -0.1) is 0 Å². The molecule has 0 bridgehead atoms. The predicted molar refractivity (Wildman–Crippen MR) is 64.6 cm³/mol. The van der Waals surface area contributed by atoms with Gasteiger partial charge in [-0.1, -0.05) is 0 Å². The molecule has 0 N–H and O–H groups in total. The van der Waals surface area contributed by atoms with Crippen LogP contribution in [0, 0.1) is 12.8 Å². The van der Waals surface area contributed by atoms with Gasteiger partial charge < -0.3 is 4.90 Å². The van der Waals surface area contributed by atoms with Gasteiger partial charge in [0.15, 0.2) is 0 Å². The Morgan fingerprint density at radius 1 is 1.56 bits per heavy atom. The van der Waals surface area contributed by atoms with Crippen molar-refractivity contribution in [2.75, 3.05) is 18.0 Å². The number of ketones is 1. The van der Waals surface area contributed by atoms with Crippen molar-refractivity contribution < 1.29 is 4.79 Å². The first kappa shape index (κ1) is 11.1. The summed E-state index contributed by atoms with van der Waals surface area (Å²) in [5, 5.41) is 0. The Morgan fingerprint density at radius 2 is 2.38 bits per heavy atom. The Kier molecular flexibility index (Phi) is 3.22. The van der Waals surface area contributed by atoms with Gasteiger partial charge in [0, 0.05) is 37.1 Å². The van der Waals surface area contributed by atoms with Crippen LogP contribution in [0.3, 0.4) is 0 Å². The lowest BCUT2D eigenvalue weighted by molar-refractivity contribution is -0.120. The third-order valence-corrected chi connectivity index (χ3v) is 3.33. The molecule has 0 amide bonds. The number of pyridine rings is 1. The number of carbonyl (C=O) groups is 1. The van der Waals surface area contributed by atoms with Crippen molar-refractivity contribution in [3.8, 4) is 0 Å². The quantitative estimate of drug-likeness (QED) is 0.763. The standard InChI is InChI=1S/C13H18N2O/c1-10-8-14-6-5-13(10)15-7-3-4-12(9-15)11(2)16/h5-6,8,12H,3-4,7,9H2,1-2H3. The fourth-order valence-electron chi connectivity index (χ4n) is 2.35. The van der Waals surface area contributed by atoms with E-state index in [-0.39, 0.29) is 5.92 Å². The van der Waals surface area contributed by atoms with Crippen molar-refractivity contribution in [1.82, 2.24) is 4.98 Å². The fraction of sp³-hybridized carbons (Fsp3) is 0.538. The number of nitrogens with zero attached hydrogens (tertiary/aromatic N) is 2. The molecule has 86 valence electrons. The van der Waals surface area contributed by atoms with Gasteiger partial charge >= 0.3 is 0 Å². The van der Waals surface area contributed by atoms with E-state index in [9.17, 15) is 4.79 Å². The van der Waals surface area contributed by atoms with Gasteiger partial charge in [-0.2, -0.15) is 0 Å². The molecular weight excluding hydrogens is 200 g/mol. The first-order valence-electron chi connectivity index (χ1n) is 5.84. The van der Waals surface area contributed by atoms with Crippen molar-refractivity contribution >= 4 is 11.5 Å². The Labute approximate surface area is 96.5 Å². The molecule has 1 aliphatic heterocycles. The van der Waals surface area contributed by atoms with Crippen LogP contribution in [0.25, 0.3) is 0 Å². The molecule has 0 aromatic carbocycles. The maximum Gasteiger partial charge on any atom is 0.134 e. The highest BCUT2D eigenvalue weighted by atomic mass is 16.1. The molecule has 1 saturated heterocycles. The summed E-state index contributed by atoms with van der Waals surface area (Å²) in [6.07, 6.45) is 5.84. The summed E-state index contributed by atoms with van der Waals surface area (Å²) in [4.78, 5) is 17.8. The largest absolute Gasteiger partial charge is 0.371 e. The molecule has 0 saturated carbocycles. The summed E-state index contributed by atoms with van der Waals surface area (Å²) in [7, 11) is 0. The average molecular weight is 218 g/mol. The normalized spacial score (nSPS) is 20.9. The summed E-state index contributed by atoms with van der Waals surface area (Å²) in [6.45, 7) is 5.68. The minimum absolute atomic E-state index is 0.210. The predicted octanol–water partition coefficient (Wildman–Crippen LogP) is 2.20. The van der Waals surface area contributed by atoms with Crippen LogP contribution in [-0.2, 0) is 4.79 Å². The molecule has 3 nitrogen and oxygen atoms in total. The number of aryl methyl sites for hydroxylation is 1. The summed E-state index contributed by atoms with van der Waals surface area (Å²) in [5.41, 5.74) is 2.41. The van der Waals surface area contributed by atoms with E-state index in [4.69, 9.17) is 0 Å². The van der Waals surface area contributed by atoms with Crippen LogP contribution in [0.2, 0.25) is 0 Å². The summed E-state index contributed by atoms with van der Waals surface area (Å²) >= 11 is 0. The van der Waals surface area contributed by atoms with Gasteiger partial charge in [-0.3, -0.25) is 9.78 Å². The zero-order valence-corrected chi connectivity index (χ0v) is 9.94. The summed E-state index contributed by atoms with van der Waals surface area (Å²) < 4.78 is 0. The van der Waals surface area contributed by atoms with Gasteiger partial charge in [-0.25, -0.2) is 0 Å². The summed E-state index contributed by atoms with van der Waals surface area (Å²) in [5.74, 6) is 0.526. The number of Topliss-reactive ketones (excluding diaryl/α,β-unsaturated/α-hetero) is 1. The topological polar surface area (TPSA) is 33.2 Å². The van der Waals surface area contributed by atoms with Gasteiger partial charge in [0.1, 0.15) is 5.78 Å². The van der Waals surface area contributed by atoms with E-state index in [0.717, 1.165) is 25.9 Å². The number of anilines is 1. The second-order valence-electron chi connectivity index (χ2n) is 4.56. The molecule has 2 rings (SSSR count). The second-order valence-corrected chi connectivity index (χ2v) is 4.56. The minimum Gasteiger partial charge on any atom is -0.371 e. The highest BCUT2D eigenvalue weighted by Crippen LogP contribution is 2.25. The lowest BCUT2D eigenvalue weighted by Crippen LogP contribution is -2.38. The van der Waals surface area contributed by atoms with Crippen molar-refractivity contribution in [1.29, 1.82) is 0 Å². The number of carbonyl (C=O) groups excluding carboxylic acids is 1. The van der Waals surface area contributed by atoms with Crippen molar-refractivity contribution in [3.63, 3.8) is 0 Å². The van der Waals surface area contributed by atoms with E-state index in [1.807, 2.05) is 18.5 Å². The lowest BCUT2D eigenvalue weighted by atomic mass is 9.94. The Bertz CT molecular complexity index is 389. The number of rotatable bonds is 2. The van der Waals surface area contributed by atoms with Gasteiger partial charge in [0.25, 0.3) is 0 Å². The van der Waals surface area contributed by atoms with Crippen molar-refractivity contribution in [2.45, 2.75) is 26.7 Å². The second kappa shape index (κ2) is 4.64. The zero-order valence-electron chi connectivity index (χ0n) is 9.94. The minimum atomic E-state index is 0.210. The third-order valence-electron chi connectivity index (χ3n) is 3.33. The van der Waals surface area contributed by atoms with Crippen molar-refractivity contribution in [3.05, 3.63) is 24.0 Å². The van der Waals surface area contributed by atoms with Crippen LogP contribution in [0.15, 0.2) is 18.5 Å². The molecule has 3 heteroatoms. The van der Waals surface area contributed by atoms with Crippen LogP contribution in [0.5, 0.6) is 0 Å². The molecule has 1 unspecified atom stereocenters. The molecule has 1 aromatic rings. The van der Waals surface area contributed by atoms with Gasteiger partial charge in [-0.05, 0) is 38.3 Å². The maximum atomic E-state index is 11.4. The molecular formula is C13H18N2O. The van der Waals surface area contributed by atoms with E-state index in [0.29, 0.717) is 5.78 Å². The van der Waals surface area contributed by atoms with E-state index in [1.165, 1.54) is 11.3 Å².